The number of aryl methyl sites for hydroxylation is 1. The molecule has 4 rings (SSSR count). The molecule has 2 heterocycles. The van der Waals surface area contributed by atoms with Crippen molar-refractivity contribution in [2.45, 2.75) is 63.7 Å². The highest BCUT2D eigenvalue weighted by Crippen LogP contribution is 2.34. The number of carbonyl (C=O) groups excluding carboxylic acids is 2. The van der Waals surface area contributed by atoms with Gasteiger partial charge in [0.1, 0.15) is 0 Å². The molecule has 4 heteroatoms. The molecule has 3 aliphatic rings. The highest BCUT2D eigenvalue weighted by atomic mass is 16.2. The number of piperidine rings is 1. The molecule has 0 radical (unpaired) electrons. The molecule has 2 amide bonds. The Balaban J connectivity index is 1.35. The van der Waals surface area contributed by atoms with Crippen LogP contribution in [0.25, 0.3) is 0 Å². The minimum Gasteiger partial charge on any atom is -0.342 e. The van der Waals surface area contributed by atoms with E-state index in [1.807, 2.05) is 4.90 Å². The fourth-order valence-electron chi connectivity index (χ4n) is 5.13. The van der Waals surface area contributed by atoms with Crippen LogP contribution in [0.4, 0.5) is 0 Å². The van der Waals surface area contributed by atoms with Crippen LogP contribution in [0.2, 0.25) is 0 Å². The summed E-state index contributed by atoms with van der Waals surface area (Å²) in [5, 5.41) is 0. The number of hydrogen-bond donors (Lipinski definition) is 0. The van der Waals surface area contributed by atoms with E-state index in [1.165, 1.54) is 24.0 Å². The number of likely N-dealkylation sites (tertiary alicyclic amines) is 2. The second kappa shape index (κ2) is 8.45. The first-order valence-corrected chi connectivity index (χ1v) is 10.9. The van der Waals surface area contributed by atoms with Gasteiger partial charge in [-0.2, -0.15) is 0 Å². The zero-order chi connectivity index (χ0) is 18.6. The summed E-state index contributed by atoms with van der Waals surface area (Å²) >= 11 is 0. The van der Waals surface area contributed by atoms with Crippen LogP contribution in [0.1, 0.15) is 68.4 Å². The number of nitrogens with zero attached hydrogens (tertiary/aromatic N) is 2. The Kier molecular flexibility index (Phi) is 5.80. The lowest BCUT2D eigenvalue weighted by Gasteiger charge is -2.36. The molecule has 0 aromatic heterocycles. The van der Waals surface area contributed by atoms with Gasteiger partial charge in [0.25, 0.3) is 0 Å². The Morgan fingerprint density at radius 3 is 2.15 bits per heavy atom. The summed E-state index contributed by atoms with van der Waals surface area (Å²) in [6.45, 7) is 3.33. The number of fused-ring (bicyclic) bond motifs is 1. The number of hydrogen-bond acceptors (Lipinski definition) is 2. The third kappa shape index (κ3) is 4.04. The van der Waals surface area contributed by atoms with Crippen LogP contribution in [0.5, 0.6) is 0 Å². The summed E-state index contributed by atoms with van der Waals surface area (Å²) in [6.07, 6.45) is 9.59. The molecular weight excluding hydrogens is 336 g/mol. The quantitative estimate of drug-likeness (QED) is 0.798. The summed E-state index contributed by atoms with van der Waals surface area (Å²) in [4.78, 5) is 30.2. The van der Waals surface area contributed by atoms with Crippen molar-refractivity contribution in [3.63, 3.8) is 0 Å². The van der Waals surface area contributed by atoms with Gasteiger partial charge in [-0.25, -0.2) is 0 Å². The molecule has 0 spiro atoms. The zero-order valence-corrected chi connectivity index (χ0v) is 16.4. The van der Waals surface area contributed by atoms with Gasteiger partial charge in [-0.15, -0.1) is 0 Å². The molecule has 0 bridgehead atoms. The maximum Gasteiger partial charge on any atom is 0.230 e. The van der Waals surface area contributed by atoms with Crippen LogP contribution < -0.4 is 0 Å². The summed E-state index contributed by atoms with van der Waals surface area (Å²) in [5.41, 5.74) is 2.57. The molecule has 2 saturated heterocycles. The van der Waals surface area contributed by atoms with E-state index in [0.717, 1.165) is 71.1 Å². The van der Waals surface area contributed by atoms with E-state index in [2.05, 4.69) is 29.2 Å². The molecule has 0 saturated carbocycles. The SMILES string of the molecule is O=C(C1CCN(C(=O)C2CCCc3ccccc32)CC1)N1CCCCCC1. The molecule has 27 heavy (non-hydrogen) atoms. The highest BCUT2D eigenvalue weighted by Gasteiger charge is 2.34. The maximum absolute atomic E-state index is 13.2. The predicted molar refractivity (Wildman–Crippen MR) is 106 cm³/mol. The smallest absolute Gasteiger partial charge is 0.230 e. The van der Waals surface area contributed by atoms with E-state index in [0.29, 0.717) is 5.91 Å². The summed E-state index contributed by atoms with van der Waals surface area (Å²) < 4.78 is 0. The standard InChI is InChI=1S/C23H32N2O2/c26-22(24-14-5-1-2-6-15-24)19-12-16-25(17-13-19)23(27)21-11-7-9-18-8-3-4-10-20(18)21/h3-4,8,10,19,21H,1-2,5-7,9,11-17H2. The average Bonchev–Trinajstić information content (AvgIpc) is 3.02. The average molecular weight is 369 g/mol. The number of amides is 2. The Labute approximate surface area is 162 Å². The van der Waals surface area contributed by atoms with Crippen LogP contribution >= 0.6 is 0 Å². The predicted octanol–water partition coefficient (Wildman–Crippen LogP) is 3.75. The first-order chi connectivity index (χ1) is 13.2. The number of rotatable bonds is 2. The molecule has 1 aliphatic carbocycles. The van der Waals surface area contributed by atoms with Crippen LogP contribution in [-0.2, 0) is 16.0 Å². The summed E-state index contributed by atoms with van der Waals surface area (Å²) in [5.74, 6) is 0.758. The lowest BCUT2D eigenvalue weighted by atomic mass is 9.81. The van der Waals surface area contributed by atoms with Crippen molar-refractivity contribution in [1.29, 1.82) is 0 Å². The highest BCUT2D eigenvalue weighted by molar-refractivity contribution is 5.85. The van der Waals surface area contributed by atoms with E-state index in [-0.39, 0.29) is 17.7 Å². The third-order valence-corrected chi connectivity index (χ3v) is 6.74. The van der Waals surface area contributed by atoms with E-state index in [9.17, 15) is 9.59 Å². The van der Waals surface area contributed by atoms with Gasteiger partial charge in [0, 0.05) is 32.1 Å². The lowest BCUT2D eigenvalue weighted by Crippen LogP contribution is -2.46. The molecule has 2 aliphatic heterocycles. The molecule has 2 fully saturated rings. The Hall–Kier alpha value is -1.84. The Bertz CT molecular complexity index is 671. The molecule has 4 nitrogen and oxygen atoms in total. The molecular formula is C23H32N2O2. The van der Waals surface area contributed by atoms with Crippen molar-refractivity contribution in [3.8, 4) is 0 Å². The Morgan fingerprint density at radius 2 is 1.41 bits per heavy atom. The van der Waals surface area contributed by atoms with Crippen molar-refractivity contribution in [1.82, 2.24) is 9.80 Å². The summed E-state index contributed by atoms with van der Waals surface area (Å²) in [6, 6.07) is 8.43. The van der Waals surface area contributed by atoms with Gasteiger partial charge in [-0.1, -0.05) is 37.1 Å². The fourth-order valence-corrected chi connectivity index (χ4v) is 5.13. The topological polar surface area (TPSA) is 40.6 Å². The zero-order valence-electron chi connectivity index (χ0n) is 16.4. The van der Waals surface area contributed by atoms with E-state index in [4.69, 9.17) is 0 Å². The fraction of sp³-hybridized carbons (Fsp3) is 0.652. The molecule has 146 valence electrons. The van der Waals surface area contributed by atoms with Crippen LogP contribution in [0.15, 0.2) is 24.3 Å². The Morgan fingerprint density at radius 1 is 0.741 bits per heavy atom. The van der Waals surface area contributed by atoms with Crippen molar-refractivity contribution >= 4 is 11.8 Å². The second-order valence-corrected chi connectivity index (χ2v) is 8.48. The summed E-state index contributed by atoms with van der Waals surface area (Å²) in [7, 11) is 0. The van der Waals surface area contributed by atoms with E-state index in [1.54, 1.807) is 0 Å². The minimum atomic E-state index is 0.0211. The number of benzene rings is 1. The van der Waals surface area contributed by atoms with Gasteiger partial charge < -0.3 is 9.80 Å². The van der Waals surface area contributed by atoms with Gasteiger partial charge in [-0.05, 0) is 56.1 Å². The minimum absolute atomic E-state index is 0.0211. The van der Waals surface area contributed by atoms with Crippen LogP contribution in [0.3, 0.4) is 0 Å². The first kappa shape index (κ1) is 18.5. The third-order valence-electron chi connectivity index (χ3n) is 6.74. The van der Waals surface area contributed by atoms with Gasteiger partial charge in [0.15, 0.2) is 0 Å². The molecule has 1 aromatic rings. The van der Waals surface area contributed by atoms with Crippen LogP contribution in [0, 0.1) is 5.92 Å². The molecule has 1 aromatic carbocycles. The van der Waals surface area contributed by atoms with Gasteiger partial charge in [-0.3, -0.25) is 9.59 Å². The largest absolute Gasteiger partial charge is 0.342 e. The van der Waals surface area contributed by atoms with Gasteiger partial charge in [0.2, 0.25) is 11.8 Å². The molecule has 1 atom stereocenters. The maximum atomic E-state index is 13.2. The van der Waals surface area contributed by atoms with Gasteiger partial charge >= 0.3 is 0 Å². The van der Waals surface area contributed by atoms with E-state index >= 15 is 0 Å². The monoisotopic (exact) mass is 368 g/mol. The second-order valence-electron chi connectivity index (χ2n) is 8.48. The first-order valence-electron chi connectivity index (χ1n) is 10.9. The van der Waals surface area contributed by atoms with Crippen molar-refractivity contribution < 1.29 is 9.59 Å². The van der Waals surface area contributed by atoms with Crippen molar-refractivity contribution in [3.05, 3.63) is 35.4 Å². The lowest BCUT2D eigenvalue weighted by molar-refractivity contribution is -0.141. The normalized spacial score (nSPS) is 24.2. The van der Waals surface area contributed by atoms with E-state index < -0.39 is 0 Å². The van der Waals surface area contributed by atoms with Crippen molar-refractivity contribution in [2.75, 3.05) is 26.2 Å². The van der Waals surface area contributed by atoms with Crippen LogP contribution in [-0.4, -0.2) is 47.8 Å². The number of carbonyl (C=O) groups is 2. The molecule has 1 unspecified atom stereocenters. The molecule has 0 N–H and O–H groups in total. The van der Waals surface area contributed by atoms with Crippen molar-refractivity contribution in [2.24, 2.45) is 5.92 Å². The van der Waals surface area contributed by atoms with Gasteiger partial charge in [0.05, 0.1) is 5.92 Å².